The normalized spacial score (nSPS) is 13.8. The standard InChI is InChI=1S/C23H30N2O6/c1-5-6-7-8-19-24-16(20(25-19)22(28)31-23(2,3)4)12-15(21(26)27)14-9-10-17-18(11-14)30-13-29-17/h9-11,15H,5-8,12-13H2,1-4H3,(H,24,25)(H,26,27). The van der Waals surface area contributed by atoms with Gasteiger partial charge in [0.15, 0.2) is 11.5 Å². The fraction of sp³-hybridized carbons (Fsp3) is 0.522. The zero-order valence-corrected chi connectivity index (χ0v) is 18.5. The lowest BCUT2D eigenvalue weighted by Crippen LogP contribution is -2.25. The summed E-state index contributed by atoms with van der Waals surface area (Å²) < 4.78 is 16.2. The number of carboxylic acid groups (broad SMARTS) is 1. The van der Waals surface area contributed by atoms with E-state index in [1.54, 1.807) is 39.0 Å². The number of aromatic amines is 1. The maximum atomic E-state index is 12.8. The molecule has 1 aliphatic heterocycles. The fourth-order valence-electron chi connectivity index (χ4n) is 3.44. The number of hydrogen-bond donors (Lipinski definition) is 2. The minimum absolute atomic E-state index is 0.0494. The first-order valence-electron chi connectivity index (χ1n) is 10.6. The van der Waals surface area contributed by atoms with E-state index in [2.05, 4.69) is 16.9 Å². The molecule has 1 aliphatic rings. The number of aliphatic carboxylic acids is 1. The number of carbonyl (C=O) groups is 2. The van der Waals surface area contributed by atoms with Crippen LogP contribution in [0.3, 0.4) is 0 Å². The summed E-state index contributed by atoms with van der Waals surface area (Å²) in [6.07, 6.45) is 3.78. The average molecular weight is 431 g/mol. The number of nitrogens with zero attached hydrogens (tertiary/aromatic N) is 1. The predicted molar refractivity (Wildman–Crippen MR) is 114 cm³/mol. The van der Waals surface area contributed by atoms with E-state index >= 15 is 0 Å². The van der Waals surface area contributed by atoms with Crippen molar-refractivity contribution in [3.63, 3.8) is 0 Å². The summed E-state index contributed by atoms with van der Waals surface area (Å²) in [6, 6.07) is 5.07. The maximum absolute atomic E-state index is 12.8. The number of H-pyrrole nitrogens is 1. The number of rotatable bonds is 9. The molecule has 8 nitrogen and oxygen atoms in total. The third-order valence-electron chi connectivity index (χ3n) is 4.94. The molecule has 2 aromatic rings. The molecule has 3 rings (SSSR count). The molecule has 0 spiro atoms. The molecule has 1 atom stereocenters. The number of aryl methyl sites for hydroxylation is 1. The number of carbonyl (C=O) groups excluding carboxylic acids is 1. The number of nitrogens with one attached hydrogen (secondary N) is 1. The molecular weight excluding hydrogens is 400 g/mol. The van der Waals surface area contributed by atoms with Crippen LogP contribution in [0.25, 0.3) is 0 Å². The van der Waals surface area contributed by atoms with E-state index in [1.807, 2.05) is 0 Å². The second-order valence-corrected chi connectivity index (χ2v) is 8.67. The van der Waals surface area contributed by atoms with E-state index in [9.17, 15) is 14.7 Å². The molecule has 31 heavy (non-hydrogen) atoms. The molecule has 0 saturated heterocycles. The maximum Gasteiger partial charge on any atom is 0.357 e. The van der Waals surface area contributed by atoms with Gasteiger partial charge in [-0.05, 0) is 44.9 Å². The van der Waals surface area contributed by atoms with Gasteiger partial charge >= 0.3 is 11.9 Å². The Morgan fingerprint density at radius 3 is 2.65 bits per heavy atom. The molecule has 2 N–H and O–H groups in total. The van der Waals surface area contributed by atoms with Crippen LogP contribution >= 0.6 is 0 Å². The molecular formula is C23H30N2O6. The van der Waals surface area contributed by atoms with Gasteiger partial charge in [-0.25, -0.2) is 9.78 Å². The summed E-state index contributed by atoms with van der Waals surface area (Å²) in [5, 5.41) is 9.91. The Morgan fingerprint density at radius 1 is 1.23 bits per heavy atom. The second kappa shape index (κ2) is 9.41. The van der Waals surface area contributed by atoms with Gasteiger partial charge in [0.2, 0.25) is 6.79 Å². The molecule has 168 valence electrons. The molecule has 0 radical (unpaired) electrons. The Bertz CT molecular complexity index is 944. The quantitative estimate of drug-likeness (QED) is 0.452. The number of aromatic nitrogens is 2. The van der Waals surface area contributed by atoms with Crippen molar-refractivity contribution in [3.05, 3.63) is 41.0 Å². The third kappa shape index (κ3) is 5.77. The number of benzene rings is 1. The molecule has 2 heterocycles. The van der Waals surface area contributed by atoms with Crippen LogP contribution in [-0.2, 0) is 22.4 Å². The first-order chi connectivity index (χ1) is 14.7. The molecule has 8 heteroatoms. The molecule has 0 aliphatic carbocycles. The van der Waals surface area contributed by atoms with E-state index in [0.29, 0.717) is 35.0 Å². The summed E-state index contributed by atoms with van der Waals surface area (Å²) in [6.45, 7) is 7.59. The van der Waals surface area contributed by atoms with Crippen LogP contribution in [0.4, 0.5) is 0 Å². The van der Waals surface area contributed by atoms with Crippen molar-refractivity contribution >= 4 is 11.9 Å². The summed E-state index contributed by atoms with van der Waals surface area (Å²) >= 11 is 0. The Balaban J connectivity index is 1.90. The minimum atomic E-state index is -1.01. The van der Waals surface area contributed by atoms with Gasteiger partial charge in [0.1, 0.15) is 17.1 Å². The SMILES string of the molecule is CCCCCc1nc(CC(C(=O)O)c2ccc3c(c2)OCO3)c(C(=O)OC(C)(C)C)[nH]1. The van der Waals surface area contributed by atoms with Gasteiger partial charge in [0.05, 0.1) is 11.6 Å². The van der Waals surface area contributed by atoms with Crippen molar-refractivity contribution in [1.82, 2.24) is 9.97 Å². The lowest BCUT2D eigenvalue weighted by molar-refractivity contribution is -0.138. The van der Waals surface area contributed by atoms with E-state index in [-0.39, 0.29) is 18.9 Å². The molecule has 0 amide bonds. The molecule has 0 bridgehead atoms. The monoisotopic (exact) mass is 430 g/mol. The molecule has 0 fully saturated rings. The van der Waals surface area contributed by atoms with Gasteiger partial charge in [0.25, 0.3) is 0 Å². The number of carboxylic acids is 1. The molecule has 1 aromatic heterocycles. The lowest BCUT2D eigenvalue weighted by atomic mass is 9.93. The van der Waals surface area contributed by atoms with Crippen molar-refractivity contribution in [3.8, 4) is 11.5 Å². The Kier molecular flexibility index (Phi) is 6.87. The van der Waals surface area contributed by atoms with Crippen molar-refractivity contribution in [2.45, 2.75) is 71.3 Å². The van der Waals surface area contributed by atoms with Crippen molar-refractivity contribution in [1.29, 1.82) is 0 Å². The highest BCUT2D eigenvalue weighted by molar-refractivity contribution is 5.89. The van der Waals surface area contributed by atoms with Crippen molar-refractivity contribution in [2.75, 3.05) is 6.79 Å². The number of ether oxygens (including phenoxy) is 3. The molecule has 1 aromatic carbocycles. The van der Waals surface area contributed by atoms with Crippen LogP contribution in [0.1, 0.15) is 80.4 Å². The first kappa shape index (κ1) is 22.7. The van der Waals surface area contributed by atoms with E-state index in [0.717, 1.165) is 19.3 Å². The largest absolute Gasteiger partial charge is 0.481 e. The number of hydrogen-bond acceptors (Lipinski definition) is 6. The zero-order valence-electron chi connectivity index (χ0n) is 18.5. The van der Waals surface area contributed by atoms with Crippen molar-refractivity contribution < 1.29 is 28.9 Å². The highest BCUT2D eigenvalue weighted by atomic mass is 16.7. The molecule has 1 unspecified atom stereocenters. The van der Waals surface area contributed by atoms with E-state index in [1.165, 1.54) is 0 Å². The third-order valence-corrected chi connectivity index (χ3v) is 4.94. The fourth-order valence-corrected chi connectivity index (χ4v) is 3.44. The Hall–Kier alpha value is -3.03. The summed E-state index contributed by atoms with van der Waals surface area (Å²) in [5.74, 6) is -0.684. The molecule has 0 saturated carbocycles. The smallest absolute Gasteiger partial charge is 0.357 e. The average Bonchev–Trinajstić information content (AvgIpc) is 3.31. The van der Waals surface area contributed by atoms with Crippen LogP contribution in [0, 0.1) is 0 Å². The van der Waals surface area contributed by atoms with Gasteiger partial charge < -0.3 is 24.3 Å². The van der Waals surface area contributed by atoms with Gasteiger partial charge in [0, 0.05) is 12.8 Å². The summed E-state index contributed by atoms with van der Waals surface area (Å²) in [7, 11) is 0. The van der Waals surface area contributed by atoms with Crippen LogP contribution in [0.2, 0.25) is 0 Å². The van der Waals surface area contributed by atoms with Gasteiger partial charge in [-0.1, -0.05) is 25.8 Å². The number of fused-ring (bicyclic) bond motifs is 1. The van der Waals surface area contributed by atoms with Crippen LogP contribution in [-0.4, -0.2) is 39.4 Å². The first-order valence-corrected chi connectivity index (χ1v) is 10.6. The van der Waals surface area contributed by atoms with E-state index < -0.39 is 23.5 Å². The number of esters is 1. The van der Waals surface area contributed by atoms with E-state index in [4.69, 9.17) is 14.2 Å². The summed E-state index contributed by atoms with van der Waals surface area (Å²) in [5.41, 5.74) is 0.493. The summed E-state index contributed by atoms with van der Waals surface area (Å²) in [4.78, 5) is 32.5. The van der Waals surface area contributed by atoms with Crippen molar-refractivity contribution in [2.24, 2.45) is 0 Å². The lowest BCUT2D eigenvalue weighted by Gasteiger charge is -2.19. The zero-order chi connectivity index (χ0) is 22.6. The van der Waals surface area contributed by atoms with Crippen LogP contribution < -0.4 is 9.47 Å². The highest BCUT2D eigenvalue weighted by Gasteiger charge is 2.29. The predicted octanol–water partition coefficient (Wildman–Crippen LogP) is 4.24. The van der Waals surface area contributed by atoms with Crippen LogP contribution in [0.15, 0.2) is 18.2 Å². The van der Waals surface area contributed by atoms with Gasteiger partial charge in [-0.15, -0.1) is 0 Å². The van der Waals surface area contributed by atoms with Crippen LogP contribution in [0.5, 0.6) is 11.5 Å². The number of imidazole rings is 1. The number of unbranched alkanes of at least 4 members (excludes halogenated alkanes) is 2. The topological polar surface area (TPSA) is 111 Å². The Morgan fingerprint density at radius 2 is 1.97 bits per heavy atom. The minimum Gasteiger partial charge on any atom is -0.481 e. The second-order valence-electron chi connectivity index (χ2n) is 8.67. The Labute approximate surface area is 181 Å². The highest BCUT2D eigenvalue weighted by Crippen LogP contribution is 2.35. The van der Waals surface area contributed by atoms with Gasteiger partial charge in [-0.2, -0.15) is 0 Å². The van der Waals surface area contributed by atoms with Gasteiger partial charge in [-0.3, -0.25) is 4.79 Å².